The van der Waals surface area contributed by atoms with Crippen LogP contribution in [-0.4, -0.2) is 0 Å². The number of hydrogen-bond donors (Lipinski definition) is 0. The first-order valence-corrected chi connectivity index (χ1v) is 17.0. The molecule has 0 saturated carbocycles. The van der Waals surface area contributed by atoms with Crippen LogP contribution >= 0.6 is 0 Å². The molecule has 9 aromatic carbocycles. The van der Waals surface area contributed by atoms with Crippen molar-refractivity contribution in [3.63, 3.8) is 0 Å². The number of anilines is 3. The van der Waals surface area contributed by atoms with E-state index in [9.17, 15) is 2.74 Å². The molecule has 0 unspecified atom stereocenters. The first-order chi connectivity index (χ1) is 26.9. The lowest BCUT2D eigenvalue weighted by Gasteiger charge is -2.31. The number of hydrogen-bond acceptors (Lipinski definition) is 1. The highest BCUT2D eigenvalue weighted by molar-refractivity contribution is 6.28. The van der Waals surface area contributed by atoms with Crippen LogP contribution in [0.2, 0.25) is 0 Å². The quantitative estimate of drug-likeness (QED) is 0.174. The van der Waals surface area contributed by atoms with Crippen molar-refractivity contribution in [2.75, 3.05) is 4.90 Å². The first kappa shape index (κ1) is 23.0. The summed E-state index contributed by atoms with van der Waals surface area (Å²) in [7, 11) is 0. The molecule has 0 atom stereocenters. The molecule has 0 heterocycles. The molecule has 1 heteroatoms. The average molecular weight is 639 g/mol. The Bertz CT molecular complexity index is 3010. The minimum Gasteiger partial charge on any atom is -0.310 e. The lowest BCUT2D eigenvalue weighted by Crippen LogP contribution is -2.25. The highest BCUT2D eigenvalue weighted by atomic mass is 15.1. The fourth-order valence-electron chi connectivity index (χ4n) is 9.09. The predicted octanol–water partition coefficient (Wildman–Crippen LogP) is 13.0. The number of benzene rings is 9. The molecule has 11 rings (SSSR count). The minimum absolute atomic E-state index is 0.105. The Morgan fingerprint density at radius 3 is 1.44 bits per heavy atom. The molecule has 0 aromatic heterocycles. The van der Waals surface area contributed by atoms with Crippen molar-refractivity contribution >= 4 is 49.4 Å². The van der Waals surface area contributed by atoms with E-state index in [0.29, 0.717) is 5.69 Å². The molecule has 0 amide bonds. The van der Waals surface area contributed by atoms with Crippen molar-refractivity contribution < 1.29 is 6.85 Å². The van der Waals surface area contributed by atoms with Crippen LogP contribution in [-0.2, 0) is 5.41 Å². The van der Waals surface area contributed by atoms with Crippen LogP contribution in [0.1, 0.15) is 29.1 Å². The molecule has 50 heavy (non-hydrogen) atoms. The summed E-state index contributed by atoms with van der Waals surface area (Å²) in [6.07, 6.45) is 0. The average Bonchev–Trinajstić information content (AvgIpc) is 3.71. The molecular formula is C49H31N. The zero-order chi connectivity index (χ0) is 37.2. The van der Waals surface area contributed by atoms with E-state index >= 15 is 0 Å². The summed E-state index contributed by atoms with van der Waals surface area (Å²) in [5, 5.41) is 6.29. The number of nitrogens with zero attached hydrogens (tertiary/aromatic N) is 1. The fraction of sp³-hybridized carbons (Fsp3) is 0.0204. The third-order valence-corrected chi connectivity index (χ3v) is 10.9. The van der Waals surface area contributed by atoms with E-state index < -0.39 is 11.5 Å². The van der Waals surface area contributed by atoms with Crippen molar-refractivity contribution in [1.82, 2.24) is 0 Å². The van der Waals surface area contributed by atoms with Gasteiger partial charge in [0.05, 0.1) is 18.0 Å². The molecule has 0 saturated heterocycles. The predicted molar refractivity (Wildman–Crippen MR) is 210 cm³/mol. The molecule has 0 bridgehead atoms. The van der Waals surface area contributed by atoms with E-state index in [1.807, 2.05) is 35.2 Å². The van der Waals surface area contributed by atoms with Gasteiger partial charge in [-0.2, -0.15) is 0 Å². The molecule has 0 aliphatic heterocycles. The first-order valence-electron chi connectivity index (χ1n) is 19.5. The SMILES string of the molecule is [2H]c1c([2H])c([2H])c(N(c2ccc3c(c2)-c2ccccc2C32c3ccccc3-c3ccccc32)c2cccc3c4ccccc4c4ccccc4c23)c([2H])c1[2H]. The molecule has 0 fully saturated rings. The Kier molecular flexibility index (Phi) is 4.73. The van der Waals surface area contributed by atoms with Gasteiger partial charge >= 0.3 is 0 Å². The summed E-state index contributed by atoms with van der Waals surface area (Å²) in [4.78, 5) is 1.90. The lowest BCUT2D eigenvalue weighted by atomic mass is 9.70. The van der Waals surface area contributed by atoms with Crippen molar-refractivity contribution in [1.29, 1.82) is 0 Å². The van der Waals surface area contributed by atoms with Crippen molar-refractivity contribution in [2.45, 2.75) is 5.41 Å². The Hall–Kier alpha value is -6.44. The number of fused-ring (bicyclic) bond motifs is 16. The Morgan fingerprint density at radius 1 is 0.380 bits per heavy atom. The van der Waals surface area contributed by atoms with E-state index in [-0.39, 0.29) is 29.9 Å². The van der Waals surface area contributed by atoms with Gasteiger partial charge < -0.3 is 4.90 Å². The summed E-state index contributed by atoms with van der Waals surface area (Å²) >= 11 is 0. The van der Waals surface area contributed by atoms with E-state index in [1.54, 1.807) is 0 Å². The third-order valence-electron chi connectivity index (χ3n) is 10.9. The molecule has 1 nitrogen and oxygen atoms in total. The van der Waals surface area contributed by atoms with Gasteiger partial charge in [-0.15, -0.1) is 0 Å². The van der Waals surface area contributed by atoms with Crippen LogP contribution in [0.4, 0.5) is 17.1 Å². The van der Waals surface area contributed by atoms with E-state index in [4.69, 9.17) is 4.11 Å². The molecule has 9 aromatic rings. The number of para-hydroxylation sites is 1. The summed E-state index contributed by atoms with van der Waals surface area (Å²) in [6, 6.07) is 53.6. The monoisotopic (exact) mass is 638 g/mol. The van der Waals surface area contributed by atoms with Gasteiger partial charge in [0.15, 0.2) is 0 Å². The van der Waals surface area contributed by atoms with Gasteiger partial charge in [0.25, 0.3) is 0 Å². The second kappa shape index (κ2) is 10.3. The van der Waals surface area contributed by atoms with Crippen LogP contribution in [0, 0.1) is 0 Å². The molecule has 2 aliphatic rings. The summed E-state index contributed by atoms with van der Waals surface area (Å²) in [5.74, 6) is 0. The fourth-order valence-corrected chi connectivity index (χ4v) is 9.09. The van der Waals surface area contributed by atoms with Gasteiger partial charge in [-0.05, 0) is 102 Å². The maximum absolute atomic E-state index is 9.32. The van der Waals surface area contributed by atoms with Crippen LogP contribution in [0.5, 0.6) is 0 Å². The van der Waals surface area contributed by atoms with Gasteiger partial charge in [0.1, 0.15) is 0 Å². The second-order valence-electron chi connectivity index (χ2n) is 13.2. The van der Waals surface area contributed by atoms with Gasteiger partial charge in [-0.3, -0.25) is 0 Å². The van der Waals surface area contributed by atoms with Crippen molar-refractivity contribution in [2.24, 2.45) is 0 Å². The molecule has 1 spiro atoms. The van der Waals surface area contributed by atoms with Gasteiger partial charge in [0, 0.05) is 16.8 Å². The zero-order valence-corrected chi connectivity index (χ0v) is 27.0. The summed E-state index contributed by atoms with van der Waals surface area (Å²) in [6.45, 7) is 0. The summed E-state index contributed by atoms with van der Waals surface area (Å²) < 4.78 is 44.7. The maximum atomic E-state index is 9.32. The number of rotatable bonds is 3. The van der Waals surface area contributed by atoms with Crippen LogP contribution in [0.15, 0.2) is 188 Å². The van der Waals surface area contributed by atoms with Crippen LogP contribution in [0.3, 0.4) is 0 Å². The third kappa shape index (κ3) is 3.51. The largest absolute Gasteiger partial charge is 0.310 e. The maximum Gasteiger partial charge on any atom is 0.0725 e. The van der Waals surface area contributed by atoms with E-state index in [2.05, 4.69) is 127 Å². The van der Waals surface area contributed by atoms with Gasteiger partial charge in [-0.25, -0.2) is 0 Å². The second-order valence-corrected chi connectivity index (χ2v) is 13.2. The van der Waals surface area contributed by atoms with Crippen LogP contribution < -0.4 is 4.90 Å². The molecule has 0 radical (unpaired) electrons. The highest BCUT2D eigenvalue weighted by Crippen LogP contribution is 2.63. The zero-order valence-electron chi connectivity index (χ0n) is 32.0. The molecule has 232 valence electrons. The summed E-state index contributed by atoms with van der Waals surface area (Å²) in [5.41, 5.74) is 10.5. The Balaban J connectivity index is 1.27. The van der Waals surface area contributed by atoms with Gasteiger partial charge in [-0.1, -0.05) is 158 Å². The van der Waals surface area contributed by atoms with Crippen molar-refractivity contribution in [3.8, 4) is 22.3 Å². The molecular weight excluding hydrogens is 603 g/mol. The van der Waals surface area contributed by atoms with Crippen molar-refractivity contribution in [3.05, 3.63) is 210 Å². The van der Waals surface area contributed by atoms with E-state index in [0.717, 1.165) is 54.7 Å². The standard InChI is InChI=1S/C49H31N/c1-2-15-32(16-3-1)50(47-28-14-24-41-36-18-5-4-17-34(36)35-19-6-7-23-40(35)48(41)47)33-29-30-46-42(31-33)39-22-10-13-27-45(39)49(46)43-25-11-8-20-37(43)38-21-9-12-26-44(38)49/h1-31H/i1D,2D,3D,15D,16D. The highest BCUT2D eigenvalue weighted by Gasteiger charge is 2.51. The Labute approximate surface area is 298 Å². The Morgan fingerprint density at radius 2 is 0.840 bits per heavy atom. The lowest BCUT2D eigenvalue weighted by molar-refractivity contribution is 0.794. The van der Waals surface area contributed by atoms with E-state index in [1.165, 1.54) is 27.8 Å². The van der Waals surface area contributed by atoms with Gasteiger partial charge in [0.2, 0.25) is 0 Å². The normalized spacial score (nSPS) is 14.8. The molecule has 0 N–H and O–H groups in total. The minimum atomic E-state index is -0.534. The molecule has 2 aliphatic carbocycles. The van der Waals surface area contributed by atoms with Crippen LogP contribution in [0.25, 0.3) is 54.6 Å². The smallest absolute Gasteiger partial charge is 0.0725 e. The topological polar surface area (TPSA) is 3.24 Å².